The van der Waals surface area contributed by atoms with Crippen LogP contribution < -0.4 is 0 Å². The first kappa shape index (κ1) is 10.1. The number of aromatic hydroxyl groups is 1. The molecule has 0 radical (unpaired) electrons. The first-order chi connectivity index (χ1) is 6.34. The highest BCUT2D eigenvalue weighted by Crippen LogP contribution is 2.14. The van der Waals surface area contributed by atoms with Gasteiger partial charge in [0.15, 0.2) is 0 Å². The van der Waals surface area contributed by atoms with Gasteiger partial charge in [-0.25, -0.2) is 4.40 Å². The Kier molecular flexibility index (Phi) is 4.40. The Morgan fingerprint density at radius 2 is 2.23 bits per heavy atom. The van der Waals surface area contributed by atoms with Crippen LogP contribution in [0.2, 0.25) is 0 Å². The van der Waals surface area contributed by atoms with Crippen molar-refractivity contribution in [2.75, 3.05) is 5.75 Å². The highest BCUT2D eigenvalue weighted by atomic mass is 32.2. The van der Waals surface area contributed by atoms with Crippen molar-refractivity contribution in [1.82, 2.24) is 0 Å². The van der Waals surface area contributed by atoms with E-state index in [0.29, 0.717) is 0 Å². The van der Waals surface area contributed by atoms with E-state index in [9.17, 15) is 5.11 Å². The van der Waals surface area contributed by atoms with Crippen molar-refractivity contribution in [1.29, 1.82) is 0 Å². The summed E-state index contributed by atoms with van der Waals surface area (Å²) in [5.74, 6) is 1.30. The molecule has 0 aliphatic rings. The molecular weight excluding hydrogens is 182 g/mol. The van der Waals surface area contributed by atoms with Gasteiger partial charge in [-0.05, 0) is 30.5 Å². The average molecular weight is 195 g/mol. The fraction of sp³-hybridized carbons (Fsp3) is 0.300. The van der Waals surface area contributed by atoms with E-state index in [4.69, 9.17) is 0 Å². The summed E-state index contributed by atoms with van der Waals surface area (Å²) in [6, 6.07) is 7.18. The lowest BCUT2D eigenvalue weighted by atomic mass is 10.2. The van der Waals surface area contributed by atoms with Gasteiger partial charge in [-0.3, -0.25) is 0 Å². The molecule has 0 saturated heterocycles. The minimum absolute atomic E-state index is 0.281. The smallest absolute Gasteiger partial charge is 0.124 e. The third kappa shape index (κ3) is 3.51. The number of para-hydroxylation sites is 1. The SMILES string of the molecule is CCCS/N=C/c1ccccc1O. The fourth-order valence-corrected chi connectivity index (χ4v) is 1.31. The van der Waals surface area contributed by atoms with Crippen LogP contribution in [0.1, 0.15) is 18.9 Å². The van der Waals surface area contributed by atoms with Gasteiger partial charge in [0, 0.05) is 17.5 Å². The molecular formula is C10H13NOS. The Hall–Kier alpha value is -0.960. The van der Waals surface area contributed by atoms with Crippen molar-refractivity contribution in [2.45, 2.75) is 13.3 Å². The molecule has 0 atom stereocenters. The predicted molar refractivity (Wildman–Crippen MR) is 58.4 cm³/mol. The molecule has 1 aromatic rings. The summed E-state index contributed by atoms with van der Waals surface area (Å²) in [5.41, 5.74) is 0.770. The van der Waals surface area contributed by atoms with Crippen molar-refractivity contribution < 1.29 is 5.11 Å². The van der Waals surface area contributed by atoms with Gasteiger partial charge in [0.25, 0.3) is 0 Å². The van der Waals surface area contributed by atoms with E-state index in [1.807, 2.05) is 12.1 Å². The Balaban J connectivity index is 2.53. The van der Waals surface area contributed by atoms with E-state index in [1.54, 1.807) is 18.3 Å². The Morgan fingerprint density at radius 3 is 2.92 bits per heavy atom. The Morgan fingerprint density at radius 1 is 1.46 bits per heavy atom. The summed E-state index contributed by atoms with van der Waals surface area (Å²) in [5, 5.41) is 9.37. The normalized spacial score (nSPS) is 10.8. The van der Waals surface area contributed by atoms with E-state index in [0.717, 1.165) is 17.7 Å². The van der Waals surface area contributed by atoms with Crippen LogP contribution in [0.4, 0.5) is 0 Å². The molecule has 13 heavy (non-hydrogen) atoms. The Bertz CT molecular complexity index is 286. The summed E-state index contributed by atoms with van der Waals surface area (Å²) in [6.45, 7) is 2.11. The molecule has 0 amide bonds. The van der Waals surface area contributed by atoms with Gasteiger partial charge in [-0.1, -0.05) is 19.1 Å². The van der Waals surface area contributed by atoms with Gasteiger partial charge < -0.3 is 5.11 Å². The fourth-order valence-electron chi connectivity index (χ4n) is 0.835. The molecule has 3 heteroatoms. The van der Waals surface area contributed by atoms with Crippen molar-refractivity contribution in [3.63, 3.8) is 0 Å². The van der Waals surface area contributed by atoms with Gasteiger partial charge >= 0.3 is 0 Å². The minimum Gasteiger partial charge on any atom is -0.507 e. The van der Waals surface area contributed by atoms with E-state index in [1.165, 1.54) is 11.9 Å². The molecule has 0 spiro atoms. The maximum Gasteiger partial charge on any atom is 0.124 e. The summed E-state index contributed by atoms with van der Waals surface area (Å²) in [6.07, 6.45) is 2.80. The van der Waals surface area contributed by atoms with Gasteiger partial charge in [-0.15, -0.1) is 0 Å². The molecule has 0 saturated carbocycles. The molecule has 0 unspecified atom stereocenters. The highest BCUT2D eigenvalue weighted by molar-refractivity contribution is 7.98. The zero-order valence-electron chi connectivity index (χ0n) is 7.60. The van der Waals surface area contributed by atoms with Crippen LogP contribution in [0.5, 0.6) is 5.75 Å². The zero-order valence-corrected chi connectivity index (χ0v) is 8.42. The molecule has 0 bridgehead atoms. The van der Waals surface area contributed by atoms with Crippen LogP contribution in [0, 0.1) is 0 Å². The standard InChI is InChI=1S/C10H13NOS/c1-2-7-13-11-8-9-5-3-4-6-10(9)12/h3-6,8,12H,2,7H2,1H3/b11-8+. The largest absolute Gasteiger partial charge is 0.507 e. The van der Waals surface area contributed by atoms with Crippen LogP contribution >= 0.6 is 11.9 Å². The number of hydrogen-bond donors (Lipinski definition) is 1. The van der Waals surface area contributed by atoms with E-state index < -0.39 is 0 Å². The molecule has 0 heterocycles. The minimum atomic E-state index is 0.281. The molecule has 0 aliphatic heterocycles. The van der Waals surface area contributed by atoms with E-state index in [2.05, 4.69) is 11.3 Å². The molecule has 0 fully saturated rings. The number of nitrogens with zero attached hydrogens (tertiary/aromatic N) is 1. The Labute approximate surface area is 82.8 Å². The maximum atomic E-state index is 9.37. The lowest BCUT2D eigenvalue weighted by Gasteiger charge is -1.95. The lowest BCUT2D eigenvalue weighted by Crippen LogP contribution is -1.80. The first-order valence-electron chi connectivity index (χ1n) is 4.28. The summed E-state index contributed by atoms with van der Waals surface area (Å²) < 4.78 is 4.12. The van der Waals surface area contributed by atoms with Crippen LogP contribution in [0.3, 0.4) is 0 Å². The third-order valence-electron chi connectivity index (χ3n) is 1.50. The van der Waals surface area contributed by atoms with Crippen molar-refractivity contribution in [2.24, 2.45) is 4.40 Å². The third-order valence-corrected chi connectivity index (χ3v) is 2.34. The van der Waals surface area contributed by atoms with Crippen molar-refractivity contribution in [3.05, 3.63) is 29.8 Å². The molecule has 1 aromatic carbocycles. The second-order valence-electron chi connectivity index (χ2n) is 2.63. The number of phenols is 1. The van der Waals surface area contributed by atoms with Gasteiger partial charge in [0.1, 0.15) is 5.75 Å². The van der Waals surface area contributed by atoms with Crippen LogP contribution in [0.15, 0.2) is 28.7 Å². The molecule has 1 N–H and O–H groups in total. The number of phenolic OH excluding ortho intramolecular Hbond substituents is 1. The van der Waals surface area contributed by atoms with Crippen molar-refractivity contribution in [3.8, 4) is 5.75 Å². The number of benzene rings is 1. The summed E-state index contributed by atoms with van der Waals surface area (Å²) in [4.78, 5) is 0. The van der Waals surface area contributed by atoms with Crippen LogP contribution in [-0.4, -0.2) is 17.1 Å². The van der Waals surface area contributed by atoms with Crippen LogP contribution in [0.25, 0.3) is 0 Å². The molecule has 0 aromatic heterocycles. The van der Waals surface area contributed by atoms with Gasteiger partial charge in [0.2, 0.25) is 0 Å². The second-order valence-corrected chi connectivity index (χ2v) is 3.50. The second kappa shape index (κ2) is 5.65. The molecule has 70 valence electrons. The predicted octanol–water partition coefficient (Wildman–Crippen LogP) is 2.87. The number of rotatable bonds is 4. The van der Waals surface area contributed by atoms with Gasteiger partial charge in [0.05, 0.1) is 0 Å². The van der Waals surface area contributed by atoms with E-state index in [-0.39, 0.29) is 5.75 Å². The van der Waals surface area contributed by atoms with Crippen molar-refractivity contribution >= 4 is 18.2 Å². The van der Waals surface area contributed by atoms with E-state index >= 15 is 0 Å². The monoisotopic (exact) mass is 195 g/mol. The summed E-state index contributed by atoms with van der Waals surface area (Å²) >= 11 is 1.52. The highest BCUT2D eigenvalue weighted by Gasteiger charge is 1.93. The summed E-state index contributed by atoms with van der Waals surface area (Å²) in [7, 11) is 0. The average Bonchev–Trinajstić information content (AvgIpc) is 2.15. The molecule has 0 aliphatic carbocycles. The van der Waals surface area contributed by atoms with Gasteiger partial charge in [-0.2, -0.15) is 0 Å². The molecule has 1 rings (SSSR count). The zero-order chi connectivity index (χ0) is 9.52. The topological polar surface area (TPSA) is 32.6 Å². The number of hydrogen-bond acceptors (Lipinski definition) is 3. The quantitative estimate of drug-likeness (QED) is 0.455. The van der Waals surface area contributed by atoms with Crippen LogP contribution in [-0.2, 0) is 0 Å². The lowest BCUT2D eigenvalue weighted by molar-refractivity contribution is 0.474. The molecule has 2 nitrogen and oxygen atoms in total. The maximum absolute atomic E-state index is 9.37. The first-order valence-corrected chi connectivity index (χ1v) is 5.22.